The molecule has 1 aromatic heterocycles. The standard InChI is InChI=1S/C27H51N5O4S/c1-3-5-6-7-8-9-10-11-12-13-14-15-16-17-26(35)28-24(22-37-18-4-2)27(36)29-25-20-32(31-30-25)19-23(34)21-33/h20,23-24,33-34H,3-19,21-22H2,1-2H3,(H,28,35)(H,29,36)/t23-,24-/m1/s1. The van der Waals surface area contributed by atoms with E-state index in [2.05, 4.69) is 34.8 Å². The molecule has 2 amide bonds. The van der Waals surface area contributed by atoms with E-state index in [1.165, 1.54) is 75.1 Å². The number of aromatic nitrogens is 3. The third kappa shape index (κ3) is 17.5. The number of carbonyl (C=O) groups is 2. The third-order valence-electron chi connectivity index (χ3n) is 6.19. The van der Waals surface area contributed by atoms with Crippen molar-refractivity contribution in [3.63, 3.8) is 0 Å². The van der Waals surface area contributed by atoms with E-state index in [0.29, 0.717) is 12.2 Å². The molecular formula is C27H51N5O4S. The summed E-state index contributed by atoms with van der Waals surface area (Å²) in [5.41, 5.74) is 0. The molecule has 0 bridgehead atoms. The Labute approximate surface area is 227 Å². The first kappa shape index (κ1) is 33.4. The number of rotatable bonds is 24. The van der Waals surface area contributed by atoms with Gasteiger partial charge < -0.3 is 20.8 Å². The van der Waals surface area contributed by atoms with Gasteiger partial charge in [0.25, 0.3) is 0 Å². The minimum Gasteiger partial charge on any atom is -0.394 e. The second kappa shape index (κ2) is 22.3. The van der Waals surface area contributed by atoms with Crippen LogP contribution in [0.15, 0.2) is 6.20 Å². The van der Waals surface area contributed by atoms with Crippen molar-refractivity contribution in [2.24, 2.45) is 0 Å². The van der Waals surface area contributed by atoms with E-state index in [1.807, 2.05) is 0 Å². The molecule has 0 aromatic carbocycles. The molecule has 0 fully saturated rings. The monoisotopic (exact) mass is 541 g/mol. The Morgan fingerprint density at radius 3 is 2.11 bits per heavy atom. The van der Waals surface area contributed by atoms with Gasteiger partial charge in [0.1, 0.15) is 6.04 Å². The largest absolute Gasteiger partial charge is 0.394 e. The van der Waals surface area contributed by atoms with Crippen molar-refractivity contribution in [3.05, 3.63) is 6.20 Å². The van der Waals surface area contributed by atoms with Crippen molar-refractivity contribution in [1.82, 2.24) is 20.3 Å². The average Bonchev–Trinajstić information content (AvgIpc) is 3.32. The minimum absolute atomic E-state index is 0.0744. The number of unbranched alkanes of at least 4 members (excludes halogenated alkanes) is 12. The molecule has 0 saturated carbocycles. The van der Waals surface area contributed by atoms with E-state index in [-0.39, 0.29) is 30.8 Å². The Morgan fingerprint density at radius 1 is 0.946 bits per heavy atom. The number of amides is 2. The Bertz CT molecular complexity index is 719. The lowest BCUT2D eigenvalue weighted by Crippen LogP contribution is -2.45. The van der Waals surface area contributed by atoms with Crippen LogP contribution >= 0.6 is 11.8 Å². The topological polar surface area (TPSA) is 129 Å². The molecule has 0 radical (unpaired) electrons. The number of hydrogen-bond acceptors (Lipinski definition) is 7. The zero-order chi connectivity index (χ0) is 27.1. The summed E-state index contributed by atoms with van der Waals surface area (Å²) in [6, 6.07) is -0.654. The van der Waals surface area contributed by atoms with Crippen molar-refractivity contribution in [2.75, 3.05) is 23.4 Å². The Kier molecular flexibility index (Phi) is 20.2. The summed E-state index contributed by atoms with van der Waals surface area (Å²) < 4.78 is 1.35. The number of thioether (sulfide) groups is 1. The molecule has 0 aliphatic rings. The molecule has 37 heavy (non-hydrogen) atoms. The molecule has 0 aliphatic heterocycles. The van der Waals surface area contributed by atoms with E-state index in [4.69, 9.17) is 5.11 Å². The molecule has 10 heteroatoms. The van der Waals surface area contributed by atoms with Gasteiger partial charge in [0, 0.05) is 12.2 Å². The maximum absolute atomic E-state index is 12.8. The normalized spacial score (nSPS) is 12.9. The first-order valence-electron chi connectivity index (χ1n) is 14.4. The zero-order valence-corrected chi connectivity index (χ0v) is 23.9. The Hall–Kier alpha value is -1.65. The molecule has 214 valence electrons. The molecule has 1 rings (SSSR count). The van der Waals surface area contributed by atoms with Crippen LogP contribution in [-0.4, -0.2) is 67.3 Å². The quantitative estimate of drug-likeness (QED) is 0.140. The van der Waals surface area contributed by atoms with Crippen LogP contribution in [0, 0.1) is 0 Å². The average molecular weight is 542 g/mol. The number of aliphatic hydroxyl groups excluding tert-OH is 2. The van der Waals surface area contributed by atoms with Crippen LogP contribution in [0.25, 0.3) is 0 Å². The maximum Gasteiger partial charge on any atom is 0.249 e. The summed E-state index contributed by atoms with van der Waals surface area (Å²) in [6.45, 7) is 4.02. The predicted molar refractivity (Wildman–Crippen MR) is 152 cm³/mol. The van der Waals surface area contributed by atoms with E-state index < -0.39 is 12.1 Å². The number of hydrogen-bond donors (Lipinski definition) is 4. The molecule has 9 nitrogen and oxygen atoms in total. The SMILES string of the molecule is CCCCCCCCCCCCCCCC(=O)N[C@H](CSCCC)C(=O)Nc1cn(C[C@@H](O)CO)nn1. The van der Waals surface area contributed by atoms with Crippen molar-refractivity contribution < 1.29 is 19.8 Å². The second-order valence-electron chi connectivity index (χ2n) is 9.84. The van der Waals surface area contributed by atoms with Gasteiger partial charge in [0.15, 0.2) is 5.82 Å². The summed E-state index contributed by atoms with van der Waals surface area (Å²) in [6.07, 6.45) is 18.3. The predicted octanol–water partition coefficient (Wildman–Crippen LogP) is 4.68. The fourth-order valence-corrected chi connectivity index (χ4v) is 4.96. The molecule has 0 aliphatic carbocycles. The molecule has 0 unspecified atom stereocenters. The number of carbonyl (C=O) groups excluding carboxylic acids is 2. The highest BCUT2D eigenvalue weighted by molar-refractivity contribution is 7.99. The lowest BCUT2D eigenvalue weighted by Gasteiger charge is -2.17. The zero-order valence-electron chi connectivity index (χ0n) is 23.1. The van der Waals surface area contributed by atoms with Crippen LogP contribution in [0.1, 0.15) is 110 Å². The summed E-state index contributed by atoms with van der Waals surface area (Å²) in [5, 5.41) is 31.8. The van der Waals surface area contributed by atoms with Crippen LogP contribution < -0.4 is 10.6 Å². The number of anilines is 1. The van der Waals surface area contributed by atoms with Gasteiger partial charge in [-0.05, 0) is 18.6 Å². The van der Waals surface area contributed by atoms with Gasteiger partial charge in [-0.25, -0.2) is 4.68 Å². The van der Waals surface area contributed by atoms with Crippen molar-refractivity contribution in [3.8, 4) is 0 Å². The van der Waals surface area contributed by atoms with Gasteiger partial charge in [0.05, 0.1) is 25.5 Å². The molecule has 2 atom stereocenters. The van der Waals surface area contributed by atoms with Gasteiger partial charge in [-0.3, -0.25) is 9.59 Å². The van der Waals surface area contributed by atoms with E-state index in [0.717, 1.165) is 31.4 Å². The van der Waals surface area contributed by atoms with Crippen LogP contribution in [0.5, 0.6) is 0 Å². The summed E-state index contributed by atoms with van der Waals surface area (Å²) >= 11 is 1.63. The smallest absolute Gasteiger partial charge is 0.249 e. The number of aliphatic hydroxyl groups is 2. The third-order valence-corrected chi connectivity index (χ3v) is 7.46. The Balaban J connectivity index is 2.27. The van der Waals surface area contributed by atoms with Crippen LogP contribution in [0.2, 0.25) is 0 Å². The van der Waals surface area contributed by atoms with E-state index >= 15 is 0 Å². The van der Waals surface area contributed by atoms with Crippen LogP contribution in [0.4, 0.5) is 5.82 Å². The van der Waals surface area contributed by atoms with E-state index in [1.54, 1.807) is 11.8 Å². The minimum atomic E-state index is -0.951. The van der Waals surface area contributed by atoms with Crippen molar-refractivity contribution in [2.45, 2.75) is 129 Å². The Morgan fingerprint density at radius 2 is 1.54 bits per heavy atom. The maximum atomic E-state index is 12.8. The highest BCUT2D eigenvalue weighted by Crippen LogP contribution is 2.13. The van der Waals surface area contributed by atoms with E-state index in [9.17, 15) is 14.7 Å². The fourth-order valence-electron chi connectivity index (χ4n) is 4.03. The van der Waals surface area contributed by atoms with Crippen molar-refractivity contribution in [1.29, 1.82) is 0 Å². The van der Waals surface area contributed by atoms with Gasteiger partial charge in [-0.2, -0.15) is 11.8 Å². The van der Waals surface area contributed by atoms with Gasteiger partial charge in [0.2, 0.25) is 11.8 Å². The summed E-state index contributed by atoms with van der Waals surface area (Å²) in [5.74, 6) is 1.20. The van der Waals surface area contributed by atoms with Gasteiger partial charge in [-0.15, -0.1) is 5.10 Å². The molecule has 1 heterocycles. The molecular weight excluding hydrogens is 490 g/mol. The summed E-state index contributed by atoms with van der Waals surface area (Å²) in [7, 11) is 0. The molecule has 1 aromatic rings. The highest BCUT2D eigenvalue weighted by Gasteiger charge is 2.22. The van der Waals surface area contributed by atoms with Gasteiger partial charge in [-0.1, -0.05) is 96.1 Å². The van der Waals surface area contributed by atoms with Crippen LogP contribution in [-0.2, 0) is 16.1 Å². The lowest BCUT2D eigenvalue weighted by atomic mass is 10.0. The van der Waals surface area contributed by atoms with Gasteiger partial charge >= 0.3 is 0 Å². The molecule has 4 N–H and O–H groups in total. The fraction of sp³-hybridized carbons (Fsp3) is 0.852. The van der Waals surface area contributed by atoms with Crippen LogP contribution in [0.3, 0.4) is 0 Å². The van der Waals surface area contributed by atoms with Crippen molar-refractivity contribution >= 4 is 29.4 Å². The lowest BCUT2D eigenvalue weighted by molar-refractivity contribution is -0.126. The first-order chi connectivity index (χ1) is 18.0. The number of nitrogens with zero attached hydrogens (tertiary/aromatic N) is 3. The second-order valence-corrected chi connectivity index (χ2v) is 11.0. The molecule has 0 spiro atoms. The highest BCUT2D eigenvalue weighted by atomic mass is 32.2. The molecule has 0 saturated heterocycles. The first-order valence-corrected chi connectivity index (χ1v) is 15.5. The number of nitrogens with one attached hydrogen (secondary N) is 2. The summed E-state index contributed by atoms with van der Waals surface area (Å²) in [4.78, 5) is 25.3.